The fraction of sp³-hybridized carbons (Fsp3) is 0.250. The number of aliphatic hydroxyl groups excluding tert-OH is 2. The SMILES string of the molecule is O=c1[nH]c(=O)n([C@H]2C[C@H](O)[C@@H](CO)O2)cc1-c1nc2cc3ccccc3cc2[nH]1. The van der Waals surface area contributed by atoms with Crippen molar-refractivity contribution in [1.82, 2.24) is 19.5 Å². The number of H-pyrrole nitrogens is 2. The highest BCUT2D eigenvalue weighted by atomic mass is 16.5. The first-order valence-corrected chi connectivity index (χ1v) is 9.22. The van der Waals surface area contributed by atoms with Gasteiger partial charge in [0.05, 0.1) is 29.3 Å². The molecule has 3 heterocycles. The summed E-state index contributed by atoms with van der Waals surface area (Å²) in [5.74, 6) is 0.322. The summed E-state index contributed by atoms with van der Waals surface area (Å²) >= 11 is 0. The zero-order valence-electron chi connectivity index (χ0n) is 15.2. The predicted octanol–water partition coefficient (Wildman–Crippen LogP) is 0.874. The second-order valence-corrected chi connectivity index (χ2v) is 7.13. The Hall–Kier alpha value is -3.27. The number of nitrogens with zero attached hydrogens (tertiary/aromatic N) is 2. The van der Waals surface area contributed by atoms with Gasteiger partial charge in [-0.2, -0.15) is 0 Å². The molecule has 2 aromatic carbocycles. The average Bonchev–Trinajstić information content (AvgIpc) is 3.28. The molecule has 1 saturated heterocycles. The monoisotopic (exact) mass is 394 g/mol. The largest absolute Gasteiger partial charge is 0.394 e. The van der Waals surface area contributed by atoms with Gasteiger partial charge in [-0.1, -0.05) is 24.3 Å². The molecule has 2 aromatic heterocycles. The number of aliphatic hydroxyl groups is 2. The van der Waals surface area contributed by atoms with E-state index in [0.29, 0.717) is 11.3 Å². The van der Waals surface area contributed by atoms with Gasteiger partial charge in [0.25, 0.3) is 5.56 Å². The minimum atomic E-state index is -0.897. The maximum absolute atomic E-state index is 12.4. The Labute approximate surface area is 163 Å². The number of fused-ring (bicyclic) bond motifs is 2. The maximum atomic E-state index is 12.4. The number of imidazole rings is 1. The van der Waals surface area contributed by atoms with E-state index in [1.165, 1.54) is 10.8 Å². The molecule has 4 aromatic rings. The molecular formula is C20H18N4O5. The van der Waals surface area contributed by atoms with E-state index in [4.69, 9.17) is 4.74 Å². The average molecular weight is 394 g/mol. The summed E-state index contributed by atoms with van der Waals surface area (Å²) in [7, 11) is 0. The highest BCUT2D eigenvalue weighted by Gasteiger charge is 2.35. The van der Waals surface area contributed by atoms with Crippen LogP contribution in [0, 0.1) is 0 Å². The van der Waals surface area contributed by atoms with Crippen molar-refractivity contribution in [2.24, 2.45) is 0 Å². The molecule has 0 unspecified atom stereocenters. The molecule has 0 radical (unpaired) electrons. The minimum absolute atomic E-state index is 0.127. The Morgan fingerprint density at radius 2 is 1.93 bits per heavy atom. The van der Waals surface area contributed by atoms with Gasteiger partial charge in [-0.15, -0.1) is 0 Å². The van der Waals surface area contributed by atoms with Gasteiger partial charge in [0, 0.05) is 12.6 Å². The third-order valence-corrected chi connectivity index (χ3v) is 5.27. The molecule has 0 spiro atoms. The van der Waals surface area contributed by atoms with E-state index in [9.17, 15) is 19.8 Å². The van der Waals surface area contributed by atoms with E-state index in [2.05, 4.69) is 15.0 Å². The van der Waals surface area contributed by atoms with Gasteiger partial charge in [0.15, 0.2) is 0 Å². The molecule has 1 fully saturated rings. The molecular weight excluding hydrogens is 376 g/mol. The second kappa shape index (κ2) is 6.66. The topological polar surface area (TPSA) is 133 Å². The Bertz CT molecular complexity index is 1290. The molecule has 148 valence electrons. The van der Waals surface area contributed by atoms with E-state index in [1.54, 1.807) is 0 Å². The van der Waals surface area contributed by atoms with Gasteiger partial charge in [-0.05, 0) is 22.9 Å². The maximum Gasteiger partial charge on any atom is 0.330 e. The van der Waals surface area contributed by atoms with Crippen LogP contribution in [0.5, 0.6) is 0 Å². The lowest BCUT2D eigenvalue weighted by Crippen LogP contribution is -2.33. The van der Waals surface area contributed by atoms with E-state index >= 15 is 0 Å². The van der Waals surface area contributed by atoms with Crippen molar-refractivity contribution in [2.75, 3.05) is 6.61 Å². The second-order valence-electron chi connectivity index (χ2n) is 7.13. The third-order valence-electron chi connectivity index (χ3n) is 5.27. The third kappa shape index (κ3) is 2.96. The fourth-order valence-corrected chi connectivity index (χ4v) is 3.74. The number of hydrogen-bond donors (Lipinski definition) is 4. The summed E-state index contributed by atoms with van der Waals surface area (Å²) in [5, 5.41) is 21.3. The number of benzene rings is 2. The molecule has 29 heavy (non-hydrogen) atoms. The molecule has 0 amide bonds. The molecule has 0 saturated carbocycles. The number of hydrogen-bond acceptors (Lipinski definition) is 6. The summed E-state index contributed by atoms with van der Waals surface area (Å²) in [4.78, 5) is 34.7. The number of aromatic amines is 2. The fourth-order valence-electron chi connectivity index (χ4n) is 3.74. The molecule has 5 rings (SSSR count). The van der Waals surface area contributed by atoms with Crippen molar-refractivity contribution in [3.05, 3.63) is 63.4 Å². The zero-order chi connectivity index (χ0) is 20.1. The Kier molecular flexibility index (Phi) is 4.09. The standard InChI is InChI=1S/C20H18N4O5/c25-9-16-15(26)7-17(29-16)24-8-12(19(27)23-20(24)28)18-21-13-5-10-3-1-2-4-11(10)6-14(13)22-18/h1-6,8,15-17,25-26H,7,9H2,(H,21,22)(H,23,27,28)/t15-,16+,17+/m0/s1. The van der Waals surface area contributed by atoms with Crippen LogP contribution in [0.2, 0.25) is 0 Å². The summed E-state index contributed by atoms with van der Waals surface area (Å²) in [6.45, 7) is -0.361. The lowest BCUT2D eigenvalue weighted by atomic mass is 10.1. The summed E-state index contributed by atoms with van der Waals surface area (Å²) in [6.07, 6.45) is -0.971. The highest BCUT2D eigenvalue weighted by molar-refractivity contribution is 5.96. The van der Waals surface area contributed by atoms with Gasteiger partial charge < -0.3 is 19.9 Å². The van der Waals surface area contributed by atoms with Crippen molar-refractivity contribution in [3.8, 4) is 11.4 Å². The van der Waals surface area contributed by atoms with Crippen LogP contribution in [-0.4, -0.2) is 48.5 Å². The summed E-state index contributed by atoms with van der Waals surface area (Å²) in [6, 6.07) is 11.7. The van der Waals surface area contributed by atoms with Gasteiger partial charge >= 0.3 is 5.69 Å². The van der Waals surface area contributed by atoms with Crippen molar-refractivity contribution in [2.45, 2.75) is 24.9 Å². The van der Waals surface area contributed by atoms with Crippen molar-refractivity contribution in [1.29, 1.82) is 0 Å². The number of ether oxygens (including phenoxy) is 1. The molecule has 4 N–H and O–H groups in total. The van der Waals surface area contributed by atoms with E-state index in [0.717, 1.165) is 16.3 Å². The van der Waals surface area contributed by atoms with Crippen LogP contribution in [-0.2, 0) is 4.74 Å². The first-order chi connectivity index (χ1) is 14.0. The molecule has 1 aliphatic rings. The number of aromatic nitrogens is 4. The summed E-state index contributed by atoms with van der Waals surface area (Å²) in [5.41, 5.74) is 0.409. The van der Waals surface area contributed by atoms with Crippen molar-refractivity contribution < 1.29 is 14.9 Å². The van der Waals surface area contributed by atoms with Crippen LogP contribution in [0.15, 0.2) is 52.2 Å². The predicted molar refractivity (Wildman–Crippen MR) is 106 cm³/mol. The highest BCUT2D eigenvalue weighted by Crippen LogP contribution is 2.28. The van der Waals surface area contributed by atoms with E-state index < -0.39 is 29.7 Å². The minimum Gasteiger partial charge on any atom is -0.394 e. The van der Waals surface area contributed by atoms with Crippen LogP contribution in [0.3, 0.4) is 0 Å². The normalized spacial score (nSPS) is 21.9. The van der Waals surface area contributed by atoms with E-state index in [1.807, 2.05) is 36.4 Å². The number of nitrogens with one attached hydrogen (secondary N) is 2. The Morgan fingerprint density at radius 1 is 1.17 bits per heavy atom. The van der Waals surface area contributed by atoms with Crippen LogP contribution < -0.4 is 11.2 Å². The zero-order valence-corrected chi connectivity index (χ0v) is 15.2. The summed E-state index contributed by atoms with van der Waals surface area (Å²) < 4.78 is 6.75. The number of rotatable bonds is 3. The Balaban J connectivity index is 1.61. The first-order valence-electron chi connectivity index (χ1n) is 9.22. The molecule has 0 aliphatic carbocycles. The van der Waals surface area contributed by atoms with Gasteiger partial charge in [0.2, 0.25) is 0 Å². The van der Waals surface area contributed by atoms with Crippen molar-refractivity contribution >= 4 is 21.8 Å². The lowest BCUT2D eigenvalue weighted by molar-refractivity contribution is -0.0458. The molecule has 9 heteroatoms. The van der Waals surface area contributed by atoms with Crippen molar-refractivity contribution in [3.63, 3.8) is 0 Å². The molecule has 0 bridgehead atoms. The lowest BCUT2D eigenvalue weighted by Gasteiger charge is -2.14. The van der Waals surface area contributed by atoms with Crippen LogP contribution in [0.25, 0.3) is 33.2 Å². The Morgan fingerprint density at radius 3 is 2.66 bits per heavy atom. The van der Waals surface area contributed by atoms with Crippen LogP contribution in [0.4, 0.5) is 0 Å². The van der Waals surface area contributed by atoms with Crippen LogP contribution >= 0.6 is 0 Å². The quantitative estimate of drug-likeness (QED) is 0.408. The molecule has 3 atom stereocenters. The first kappa shape index (κ1) is 17.8. The van der Waals surface area contributed by atoms with E-state index in [-0.39, 0.29) is 18.6 Å². The van der Waals surface area contributed by atoms with Gasteiger partial charge in [0.1, 0.15) is 18.2 Å². The van der Waals surface area contributed by atoms with Gasteiger partial charge in [-0.25, -0.2) is 9.78 Å². The van der Waals surface area contributed by atoms with Crippen LogP contribution in [0.1, 0.15) is 12.6 Å². The van der Waals surface area contributed by atoms with Gasteiger partial charge in [-0.3, -0.25) is 14.3 Å². The molecule has 9 nitrogen and oxygen atoms in total. The smallest absolute Gasteiger partial charge is 0.330 e. The molecule has 1 aliphatic heterocycles.